The molecule has 6 heterocycles. The number of aromatic amines is 1. The molecule has 2 fully saturated rings. The van der Waals surface area contributed by atoms with Gasteiger partial charge in [-0.1, -0.05) is 31.5 Å². The molecule has 0 saturated heterocycles. The van der Waals surface area contributed by atoms with Gasteiger partial charge in [-0.25, -0.2) is 32.3 Å². The van der Waals surface area contributed by atoms with Crippen LogP contribution in [-0.2, 0) is 19.6 Å². The highest BCUT2D eigenvalue weighted by molar-refractivity contribution is 7.90. The summed E-state index contributed by atoms with van der Waals surface area (Å²) in [5, 5.41) is 0. The molecular formula is C35H34N8O4S. The van der Waals surface area contributed by atoms with Gasteiger partial charge in [0, 0.05) is 73.7 Å². The summed E-state index contributed by atoms with van der Waals surface area (Å²) in [6.07, 6.45) is 12.8. The van der Waals surface area contributed by atoms with E-state index in [1.54, 1.807) is 48.9 Å². The molecule has 48 heavy (non-hydrogen) atoms. The summed E-state index contributed by atoms with van der Waals surface area (Å²) >= 11 is 0. The third-order valence-electron chi connectivity index (χ3n) is 9.94. The zero-order chi connectivity index (χ0) is 33.3. The van der Waals surface area contributed by atoms with Gasteiger partial charge in [-0.3, -0.25) is 18.4 Å². The van der Waals surface area contributed by atoms with Crippen LogP contribution in [0.15, 0.2) is 78.5 Å². The van der Waals surface area contributed by atoms with Crippen molar-refractivity contribution in [2.24, 2.45) is 11.8 Å². The third kappa shape index (κ3) is 4.83. The lowest BCUT2D eigenvalue weighted by atomic mass is 9.95. The van der Waals surface area contributed by atoms with E-state index in [2.05, 4.69) is 43.2 Å². The van der Waals surface area contributed by atoms with E-state index in [1.807, 2.05) is 29.8 Å². The number of H-pyrrole nitrogens is 1. The van der Waals surface area contributed by atoms with Crippen molar-refractivity contribution < 1.29 is 18.0 Å². The van der Waals surface area contributed by atoms with Gasteiger partial charge in [-0.2, -0.15) is 0 Å². The molecule has 0 amide bonds. The van der Waals surface area contributed by atoms with Crippen molar-refractivity contribution in [2.75, 3.05) is 0 Å². The predicted molar refractivity (Wildman–Crippen MR) is 179 cm³/mol. The van der Waals surface area contributed by atoms with Gasteiger partial charge < -0.3 is 4.98 Å². The number of aromatic nitrogens is 8. The first-order chi connectivity index (χ1) is 23.1. The van der Waals surface area contributed by atoms with Crippen molar-refractivity contribution in [3.8, 4) is 0 Å². The van der Waals surface area contributed by atoms with Crippen molar-refractivity contribution in [1.82, 2.24) is 37.7 Å². The molecule has 2 aliphatic rings. The zero-order valence-electron chi connectivity index (χ0n) is 26.7. The fraction of sp³-hybridized carbons (Fsp3) is 0.314. The highest BCUT2D eigenvalue weighted by Gasteiger charge is 2.34. The minimum absolute atomic E-state index is 0.0696. The van der Waals surface area contributed by atoms with E-state index in [9.17, 15) is 18.0 Å². The molecule has 2 aliphatic carbocycles. The minimum atomic E-state index is -3.78. The summed E-state index contributed by atoms with van der Waals surface area (Å²) in [6, 6.07) is 10.5. The van der Waals surface area contributed by atoms with E-state index in [0.717, 1.165) is 33.8 Å². The number of nitrogens with one attached hydrogen (secondary N) is 1. The van der Waals surface area contributed by atoms with Gasteiger partial charge in [0.15, 0.2) is 22.6 Å². The van der Waals surface area contributed by atoms with E-state index in [1.165, 1.54) is 10.2 Å². The fourth-order valence-electron chi connectivity index (χ4n) is 7.43. The summed E-state index contributed by atoms with van der Waals surface area (Å²) in [6.45, 7) is 6.12. The second-order valence-corrected chi connectivity index (χ2v) is 15.0. The van der Waals surface area contributed by atoms with E-state index < -0.39 is 10.0 Å². The molecule has 2 saturated carbocycles. The highest BCUT2D eigenvalue weighted by atomic mass is 32.2. The molecule has 6 aromatic heterocycles. The molecule has 0 aliphatic heterocycles. The fourth-order valence-corrected chi connectivity index (χ4v) is 8.73. The molecule has 12 nitrogen and oxygen atoms in total. The van der Waals surface area contributed by atoms with Crippen LogP contribution in [0, 0.1) is 18.8 Å². The number of carbonyl (C=O) groups excluding carboxylic acids is 2. The quantitative estimate of drug-likeness (QED) is 0.256. The Morgan fingerprint density at radius 3 is 1.88 bits per heavy atom. The molecule has 244 valence electrons. The lowest BCUT2D eigenvalue weighted by Gasteiger charge is -2.14. The molecule has 4 atom stereocenters. The number of hydrogen-bond acceptors (Lipinski definition) is 8. The van der Waals surface area contributed by atoms with Gasteiger partial charge in [0.25, 0.3) is 10.0 Å². The Morgan fingerprint density at radius 2 is 1.29 bits per heavy atom. The van der Waals surface area contributed by atoms with Crippen LogP contribution in [0.3, 0.4) is 0 Å². The standard InChI is InChI=1S/C21H20N4O3S.C14H14N4O/c1-13-3-5-16(6-4-13)29(27,28)24-8-7-18-21(24)23-12-20-22-11-19(25(18)20)17-10-15(26)9-14(17)2;1-8-4-9(19)5-10(8)12-6-16-13-7-17-14-11(18(12)13)2-3-15-14/h3-8,11-12,14,17H,9-10H2,1-2H3;2-3,6-8,10,15H,4-5H2,1H3. The first-order valence-electron chi connectivity index (χ1n) is 16.1. The van der Waals surface area contributed by atoms with Gasteiger partial charge >= 0.3 is 0 Å². The lowest BCUT2D eigenvalue weighted by Crippen LogP contribution is -2.13. The second-order valence-electron chi connectivity index (χ2n) is 13.2. The largest absolute Gasteiger partial charge is 0.345 e. The van der Waals surface area contributed by atoms with E-state index in [0.29, 0.717) is 54.2 Å². The van der Waals surface area contributed by atoms with Crippen LogP contribution in [0.2, 0.25) is 0 Å². The maximum absolute atomic E-state index is 13.2. The Kier molecular flexibility index (Phi) is 7.06. The smallest absolute Gasteiger partial charge is 0.269 e. The average Bonchev–Trinajstić information content (AvgIpc) is 3.89. The number of fused-ring (bicyclic) bond motifs is 6. The van der Waals surface area contributed by atoms with Crippen LogP contribution in [0.5, 0.6) is 0 Å². The van der Waals surface area contributed by atoms with Crippen molar-refractivity contribution in [3.05, 3.63) is 90.5 Å². The number of rotatable bonds is 4. The topological polar surface area (TPSA) is 149 Å². The summed E-state index contributed by atoms with van der Waals surface area (Å²) in [7, 11) is -3.78. The molecular weight excluding hydrogens is 629 g/mol. The number of aryl methyl sites for hydroxylation is 1. The van der Waals surface area contributed by atoms with Crippen LogP contribution < -0.4 is 0 Å². The van der Waals surface area contributed by atoms with Crippen LogP contribution in [0.1, 0.15) is 68.3 Å². The molecule has 13 heteroatoms. The maximum atomic E-state index is 13.2. The van der Waals surface area contributed by atoms with E-state index >= 15 is 0 Å². The summed E-state index contributed by atoms with van der Waals surface area (Å²) in [5.41, 5.74) is 7.41. The molecule has 0 spiro atoms. The molecule has 7 aromatic rings. The van der Waals surface area contributed by atoms with Crippen LogP contribution in [0.25, 0.3) is 33.6 Å². The molecule has 4 unspecified atom stereocenters. The van der Waals surface area contributed by atoms with Gasteiger partial charge in [0.1, 0.15) is 11.6 Å². The van der Waals surface area contributed by atoms with Gasteiger partial charge in [0.05, 0.1) is 28.3 Å². The normalized spacial score (nSPS) is 21.6. The Labute approximate surface area is 275 Å². The van der Waals surface area contributed by atoms with Crippen molar-refractivity contribution >= 4 is 55.2 Å². The van der Waals surface area contributed by atoms with Crippen LogP contribution in [-0.4, -0.2) is 57.7 Å². The summed E-state index contributed by atoms with van der Waals surface area (Å²) < 4.78 is 31.6. The van der Waals surface area contributed by atoms with Crippen LogP contribution >= 0.6 is 0 Å². The summed E-state index contributed by atoms with van der Waals surface area (Å²) in [5.74, 6) is 1.55. The van der Waals surface area contributed by atoms with Gasteiger partial charge in [0.2, 0.25) is 0 Å². The Bertz CT molecular complexity index is 2490. The number of imidazole rings is 2. The number of benzene rings is 1. The van der Waals surface area contributed by atoms with Gasteiger partial charge in [-0.05, 0) is 43.0 Å². The number of ketones is 2. The van der Waals surface area contributed by atoms with Crippen molar-refractivity contribution in [3.63, 3.8) is 0 Å². The summed E-state index contributed by atoms with van der Waals surface area (Å²) in [4.78, 5) is 44.5. The van der Waals surface area contributed by atoms with Crippen molar-refractivity contribution in [1.29, 1.82) is 0 Å². The first-order valence-corrected chi connectivity index (χ1v) is 17.5. The lowest BCUT2D eigenvalue weighted by molar-refractivity contribution is -0.118. The minimum Gasteiger partial charge on any atom is -0.345 e. The molecule has 0 bridgehead atoms. The molecule has 9 rings (SSSR count). The molecule has 1 aromatic carbocycles. The van der Waals surface area contributed by atoms with E-state index in [4.69, 9.17) is 0 Å². The van der Waals surface area contributed by atoms with E-state index in [-0.39, 0.29) is 28.4 Å². The molecule has 1 N–H and O–H groups in total. The Hall–Kier alpha value is -5.17. The zero-order valence-corrected chi connectivity index (χ0v) is 27.6. The average molecular weight is 663 g/mol. The molecule has 0 radical (unpaired) electrons. The maximum Gasteiger partial charge on any atom is 0.269 e. The first kappa shape index (κ1) is 30.2. The van der Waals surface area contributed by atoms with Crippen molar-refractivity contribution in [2.45, 2.75) is 63.2 Å². The van der Waals surface area contributed by atoms with Crippen LogP contribution in [0.4, 0.5) is 0 Å². The Morgan fingerprint density at radius 1 is 0.708 bits per heavy atom. The monoisotopic (exact) mass is 662 g/mol. The second kappa shape index (κ2) is 11.2. The number of hydrogen-bond donors (Lipinski definition) is 1. The number of Topliss-reactive ketones (excluding diaryl/α,β-unsaturated/α-hetero) is 2. The predicted octanol–water partition coefficient (Wildman–Crippen LogP) is 5.61. The number of nitrogens with zero attached hydrogens (tertiary/aromatic N) is 7. The number of carbonyl (C=O) groups is 2. The SMILES string of the molecule is CC1CC(=O)CC1c1cnc2cnc3[nH]ccc3n12.Cc1ccc(S(=O)(=O)n2ccc3c2ncc2ncc(C4CC(=O)CC4C)n23)cc1. The third-order valence-corrected chi connectivity index (χ3v) is 11.6. The van der Waals surface area contributed by atoms with Gasteiger partial charge in [-0.15, -0.1) is 0 Å². The highest BCUT2D eigenvalue weighted by Crippen LogP contribution is 2.39. The Balaban J connectivity index is 0.000000153.